The van der Waals surface area contributed by atoms with Crippen molar-refractivity contribution in [3.63, 3.8) is 0 Å². The molecule has 88 valence electrons. The van der Waals surface area contributed by atoms with E-state index in [9.17, 15) is 4.39 Å². The van der Waals surface area contributed by atoms with E-state index in [-0.39, 0.29) is 11.5 Å². The zero-order valence-corrected chi connectivity index (χ0v) is 9.61. The normalized spacial score (nSPS) is 10.3. The fraction of sp³-hybridized carbons (Fsp3) is 0.273. The van der Waals surface area contributed by atoms with Gasteiger partial charge in [-0.05, 0) is 19.9 Å². The zero-order valence-electron chi connectivity index (χ0n) is 9.61. The van der Waals surface area contributed by atoms with Crippen molar-refractivity contribution in [1.82, 2.24) is 19.9 Å². The van der Waals surface area contributed by atoms with Crippen molar-refractivity contribution in [3.05, 3.63) is 30.0 Å². The number of aromatic nitrogens is 4. The largest absolute Gasteiger partial charge is 0.368 e. The van der Waals surface area contributed by atoms with Gasteiger partial charge < -0.3 is 5.32 Å². The lowest BCUT2D eigenvalue weighted by atomic mass is 10.3. The highest BCUT2D eigenvalue weighted by atomic mass is 19.1. The topological polar surface area (TPSA) is 63.6 Å². The smallest absolute Gasteiger partial charge is 0.200 e. The fourth-order valence-electron chi connectivity index (χ4n) is 1.36. The second-order valence-corrected chi connectivity index (χ2v) is 3.40. The van der Waals surface area contributed by atoms with Gasteiger partial charge in [0.1, 0.15) is 0 Å². The quantitative estimate of drug-likeness (QED) is 0.876. The lowest BCUT2D eigenvalue weighted by molar-refractivity contribution is 0.606. The number of nitrogens with one attached hydrogen (secondary N) is 1. The van der Waals surface area contributed by atoms with Gasteiger partial charge in [0.15, 0.2) is 23.3 Å². The highest BCUT2D eigenvalue weighted by Gasteiger charge is 2.13. The summed E-state index contributed by atoms with van der Waals surface area (Å²) in [4.78, 5) is 16.2. The van der Waals surface area contributed by atoms with Gasteiger partial charge in [-0.3, -0.25) is 0 Å². The highest BCUT2D eigenvalue weighted by Crippen LogP contribution is 2.17. The second kappa shape index (κ2) is 4.82. The molecule has 5 nitrogen and oxygen atoms in total. The van der Waals surface area contributed by atoms with Gasteiger partial charge in [0.2, 0.25) is 0 Å². The van der Waals surface area contributed by atoms with Gasteiger partial charge in [-0.25, -0.2) is 24.3 Å². The molecule has 6 heteroatoms. The molecule has 2 aromatic rings. The first-order valence-corrected chi connectivity index (χ1v) is 5.27. The van der Waals surface area contributed by atoms with Gasteiger partial charge in [0, 0.05) is 18.9 Å². The Bertz CT molecular complexity index is 515. The third-order valence-corrected chi connectivity index (χ3v) is 2.13. The maximum absolute atomic E-state index is 13.7. The molecule has 0 atom stereocenters. The summed E-state index contributed by atoms with van der Waals surface area (Å²) in [5.41, 5.74) is 0.276. The first kappa shape index (κ1) is 11.4. The van der Waals surface area contributed by atoms with Crippen molar-refractivity contribution in [2.45, 2.75) is 13.8 Å². The second-order valence-electron chi connectivity index (χ2n) is 3.40. The number of hydrogen-bond acceptors (Lipinski definition) is 5. The predicted molar refractivity (Wildman–Crippen MR) is 61.9 cm³/mol. The molecule has 0 aliphatic carbocycles. The minimum absolute atomic E-state index is 0.183. The Balaban J connectivity index is 2.49. The van der Waals surface area contributed by atoms with Crippen molar-refractivity contribution >= 4 is 5.82 Å². The first-order chi connectivity index (χ1) is 8.22. The van der Waals surface area contributed by atoms with Gasteiger partial charge in [-0.1, -0.05) is 0 Å². The van der Waals surface area contributed by atoms with E-state index in [0.29, 0.717) is 18.2 Å². The van der Waals surface area contributed by atoms with Crippen LogP contribution in [0, 0.1) is 12.7 Å². The van der Waals surface area contributed by atoms with Crippen LogP contribution in [0.2, 0.25) is 0 Å². The van der Waals surface area contributed by atoms with Crippen molar-refractivity contribution in [2.24, 2.45) is 0 Å². The molecule has 2 heterocycles. The molecule has 0 saturated heterocycles. The summed E-state index contributed by atoms with van der Waals surface area (Å²) >= 11 is 0. The highest BCUT2D eigenvalue weighted by molar-refractivity contribution is 5.49. The van der Waals surface area contributed by atoms with Crippen LogP contribution in [-0.2, 0) is 0 Å². The number of anilines is 1. The summed E-state index contributed by atoms with van der Waals surface area (Å²) in [6, 6.07) is 1.70. The van der Waals surface area contributed by atoms with E-state index in [2.05, 4.69) is 25.3 Å². The van der Waals surface area contributed by atoms with Crippen LogP contribution >= 0.6 is 0 Å². The molecule has 0 fully saturated rings. The van der Waals surface area contributed by atoms with Crippen LogP contribution in [0.1, 0.15) is 12.6 Å². The van der Waals surface area contributed by atoms with Crippen LogP contribution in [0.15, 0.2) is 18.5 Å². The molecule has 0 radical (unpaired) electrons. The van der Waals surface area contributed by atoms with Crippen LogP contribution in [-0.4, -0.2) is 26.5 Å². The lowest BCUT2D eigenvalue weighted by Crippen LogP contribution is -2.07. The van der Waals surface area contributed by atoms with Crippen LogP contribution in [0.4, 0.5) is 10.2 Å². The molecule has 0 bridgehead atoms. The van der Waals surface area contributed by atoms with E-state index in [4.69, 9.17) is 0 Å². The molecule has 0 aromatic carbocycles. The molecule has 0 aliphatic heterocycles. The van der Waals surface area contributed by atoms with E-state index in [1.54, 1.807) is 25.4 Å². The third-order valence-electron chi connectivity index (χ3n) is 2.13. The summed E-state index contributed by atoms with van der Waals surface area (Å²) in [5, 5.41) is 2.85. The van der Waals surface area contributed by atoms with E-state index < -0.39 is 5.82 Å². The van der Waals surface area contributed by atoms with E-state index in [1.165, 1.54) is 0 Å². The van der Waals surface area contributed by atoms with Crippen molar-refractivity contribution in [1.29, 1.82) is 0 Å². The molecule has 2 rings (SSSR count). The minimum atomic E-state index is -0.438. The van der Waals surface area contributed by atoms with Gasteiger partial charge in [-0.15, -0.1) is 0 Å². The average molecular weight is 233 g/mol. The Morgan fingerprint density at radius 1 is 1.18 bits per heavy atom. The number of rotatable bonds is 3. The molecule has 0 spiro atoms. The summed E-state index contributed by atoms with van der Waals surface area (Å²) in [5.74, 6) is 0.448. The number of nitrogens with zero attached hydrogens (tertiary/aromatic N) is 4. The van der Waals surface area contributed by atoms with Gasteiger partial charge in [0.05, 0.1) is 5.69 Å². The summed E-state index contributed by atoms with van der Waals surface area (Å²) in [6.45, 7) is 4.04. The fourth-order valence-corrected chi connectivity index (χ4v) is 1.36. The standard InChI is InChI=1S/C11H12FN5/c1-3-13-9-8(12)7(2)16-11(17-9)10-14-5-4-6-15-10/h4-6H,3H2,1-2H3,(H,13,16,17). The molecule has 0 aliphatic rings. The zero-order chi connectivity index (χ0) is 12.3. The van der Waals surface area contributed by atoms with Crippen LogP contribution < -0.4 is 5.32 Å². The minimum Gasteiger partial charge on any atom is -0.368 e. The Morgan fingerprint density at radius 2 is 1.88 bits per heavy atom. The molecule has 0 unspecified atom stereocenters. The molecule has 1 N–H and O–H groups in total. The average Bonchev–Trinajstić information content (AvgIpc) is 2.36. The molecular formula is C11H12FN5. The number of aryl methyl sites for hydroxylation is 1. The van der Waals surface area contributed by atoms with Gasteiger partial charge in [0.25, 0.3) is 0 Å². The van der Waals surface area contributed by atoms with E-state index >= 15 is 0 Å². The third kappa shape index (κ3) is 2.35. The Hall–Kier alpha value is -2.11. The van der Waals surface area contributed by atoms with E-state index in [1.807, 2.05) is 6.92 Å². The Labute approximate surface area is 98.2 Å². The molecule has 0 saturated carbocycles. The van der Waals surface area contributed by atoms with Crippen molar-refractivity contribution < 1.29 is 4.39 Å². The molecular weight excluding hydrogens is 221 g/mol. The molecule has 2 aromatic heterocycles. The summed E-state index contributed by atoms with van der Waals surface area (Å²) < 4.78 is 13.7. The maximum atomic E-state index is 13.7. The lowest BCUT2D eigenvalue weighted by Gasteiger charge is -2.07. The monoisotopic (exact) mass is 233 g/mol. The Morgan fingerprint density at radius 3 is 2.53 bits per heavy atom. The van der Waals surface area contributed by atoms with Crippen LogP contribution in [0.25, 0.3) is 11.6 Å². The van der Waals surface area contributed by atoms with E-state index in [0.717, 1.165) is 0 Å². The van der Waals surface area contributed by atoms with Crippen molar-refractivity contribution in [2.75, 3.05) is 11.9 Å². The maximum Gasteiger partial charge on any atom is 0.200 e. The van der Waals surface area contributed by atoms with Gasteiger partial charge >= 0.3 is 0 Å². The SMILES string of the molecule is CCNc1nc(-c2ncccn2)nc(C)c1F. The Kier molecular flexibility index (Phi) is 3.22. The molecule has 17 heavy (non-hydrogen) atoms. The summed E-state index contributed by atoms with van der Waals surface area (Å²) in [6.07, 6.45) is 3.19. The summed E-state index contributed by atoms with van der Waals surface area (Å²) in [7, 11) is 0. The predicted octanol–water partition coefficient (Wildman–Crippen LogP) is 1.81. The number of halogens is 1. The van der Waals surface area contributed by atoms with Crippen molar-refractivity contribution in [3.8, 4) is 11.6 Å². The molecule has 0 amide bonds. The first-order valence-electron chi connectivity index (χ1n) is 5.27. The van der Waals surface area contributed by atoms with Crippen LogP contribution in [0.5, 0.6) is 0 Å². The van der Waals surface area contributed by atoms with Crippen LogP contribution in [0.3, 0.4) is 0 Å². The number of hydrogen-bond donors (Lipinski definition) is 1. The van der Waals surface area contributed by atoms with Gasteiger partial charge in [-0.2, -0.15) is 0 Å².